The van der Waals surface area contributed by atoms with Gasteiger partial charge in [0.05, 0.1) is 13.3 Å². The summed E-state index contributed by atoms with van der Waals surface area (Å²) in [5.41, 5.74) is 0.402. The van der Waals surface area contributed by atoms with Crippen molar-refractivity contribution in [3.05, 3.63) is 11.9 Å². The number of esters is 1. The lowest BCUT2D eigenvalue weighted by Gasteiger charge is -2.00. The summed E-state index contributed by atoms with van der Waals surface area (Å²) < 4.78 is 6.08. The molecule has 0 aliphatic heterocycles. The van der Waals surface area contributed by atoms with Gasteiger partial charge in [-0.25, -0.2) is 9.48 Å². The molecule has 0 fully saturated rings. The topological polar surface area (TPSA) is 57.0 Å². The molecule has 1 aromatic heterocycles. The van der Waals surface area contributed by atoms with Crippen LogP contribution in [-0.4, -0.2) is 28.1 Å². The number of aryl methyl sites for hydroxylation is 1. The molecule has 0 N–H and O–H groups in total. The normalized spacial score (nSPS) is 9.83. The number of nitrogens with zero attached hydrogens (tertiary/aromatic N) is 3. The molecule has 0 saturated carbocycles. The van der Waals surface area contributed by atoms with Gasteiger partial charge in [-0.2, -0.15) is 0 Å². The molecule has 5 heteroatoms. The second-order valence-electron chi connectivity index (χ2n) is 2.33. The number of methoxy groups -OCH3 is 1. The van der Waals surface area contributed by atoms with E-state index >= 15 is 0 Å². The Morgan fingerprint density at radius 1 is 1.75 bits per heavy atom. The maximum Gasteiger partial charge on any atom is 0.358 e. The molecule has 12 heavy (non-hydrogen) atoms. The summed E-state index contributed by atoms with van der Waals surface area (Å²) in [5.74, 6) is -0.395. The minimum absolute atomic E-state index is 0.395. The van der Waals surface area contributed by atoms with Gasteiger partial charge in [0.15, 0.2) is 5.69 Å². The maximum atomic E-state index is 11.0. The molecule has 1 rings (SSSR count). The highest BCUT2D eigenvalue weighted by atomic mass is 16.5. The van der Waals surface area contributed by atoms with Crippen LogP contribution in [0.25, 0.3) is 0 Å². The summed E-state index contributed by atoms with van der Waals surface area (Å²) in [4.78, 5) is 11.0. The lowest BCUT2D eigenvalue weighted by Crippen LogP contribution is -2.11. The molecular weight excluding hydrogens is 158 g/mol. The molecule has 0 amide bonds. The minimum Gasteiger partial charge on any atom is -0.464 e. The lowest BCUT2D eigenvalue weighted by atomic mass is 10.4. The Hall–Kier alpha value is -1.39. The third-order valence-corrected chi connectivity index (χ3v) is 1.45. The average molecular weight is 169 g/mol. The standard InChI is InChI=1S/C7H11N3O2/c1-3-4-10-6(5-8-9-10)7(11)12-2/h5H,3-4H2,1-2H3. The fourth-order valence-corrected chi connectivity index (χ4v) is 0.897. The number of hydrogen-bond donors (Lipinski definition) is 0. The molecule has 0 radical (unpaired) electrons. The largest absolute Gasteiger partial charge is 0.464 e. The van der Waals surface area contributed by atoms with E-state index in [0.29, 0.717) is 12.2 Å². The fraction of sp³-hybridized carbons (Fsp3) is 0.571. The first-order valence-corrected chi connectivity index (χ1v) is 3.76. The average Bonchev–Trinajstić information content (AvgIpc) is 2.52. The van der Waals surface area contributed by atoms with Gasteiger partial charge in [-0.1, -0.05) is 12.1 Å². The van der Waals surface area contributed by atoms with Crippen LogP contribution in [0.4, 0.5) is 0 Å². The van der Waals surface area contributed by atoms with Crippen molar-refractivity contribution in [2.45, 2.75) is 19.9 Å². The summed E-state index contributed by atoms with van der Waals surface area (Å²) >= 11 is 0. The predicted molar refractivity (Wildman–Crippen MR) is 41.7 cm³/mol. The monoisotopic (exact) mass is 169 g/mol. The maximum absolute atomic E-state index is 11.0. The van der Waals surface area contributed by atoms with Crippen molar-refractivity contribution in [2.75, 3.05) is 7.11 Å². The highest BCUT2D eigenvalue weighted by molar-refractivity contribution is 5.86. The van der Waals surface area contributed by atoms with Crippen LogP contribution in [0.1, 0.15) is 23.8 Å². The van der Waals surface area contributed by atoms with Crippen molar-refractivity contribution in [1.29, 1.82) is 0 Å². The Balaban J connectivity index is 2.83. The van der Waals surface area contributed by atoms with Gasteiger partial charge < -0.3 is 4.74 Å². The van der Waals surface area contributed by atoms with Crippen LogP contribution >= 0.6 is 0 Å². The molecule has 0 saturated heterocycles. The van der Waals surface area contributed by atoms with E-state index in [0.717, 1.165) is 6.42 Å². The molecular formula is C7H11N3O2. The van der Waals surface area contributed by atoms with Crippen LogP contribution in [0, 0.1) is 0 Å². The van der Waals surface area contributed by atoms with Crippen molar-refractivity contribution in [3.8, 4) is 0 Å². The van der Waals surface area contributed by atoms with Gasteiger partial charge in [0.2, 0.25) is 0 Å². The predicted octanol–water partition coefficient (Wildman–Crippen LogP) is 0.475. The molecule has 0 bridgehead atoms. The number of ether oxygens (including phenoxy) is 1. The summed E-state index contributed by atoms with van der Waals surface area (Å²) in [5, 5.41) is 7.36. The zero-order valence-electron chi connectivity index (χ0n) is 7.15. The first-order chi connectivity index (χ1) is 5.79. The van der Waals surface area contributed by atoms with Gasteiger partial charge in [0, 0.05) is 6.54 Å². The van der Waals surface area contributed by atoms with Crippen molar-refractivity contribution in [2.24, 2.45) is 0 Å². The van der Waals surface area contributed by atoms with Crippen LogP contribution in [-0.2, 0) is 11.3 Å². The minimum atomic E-state index is -0.395. The van der Waals surface area contributed by atoms with E-state index in [2.05, 4.69) is 15.0 Å². The van der Waals surface area contributed by atoms with Gasteiger partial charge in [0.25, 0.3) is 0 Å². The van der Waals surface area contributed by atoms with Gasteiger partial charge >= 0.3 is 5.97 Å². The van der Waals surface area contributed by atoms with E-state index in [9.17, 15) is 4.79 Å². The number of carbonyl (C=O) groups excluding carboxylic acids is 1. The Morgan fingerprint density at radius 3 is 3.08 bits per heavy atom. The molecule has 1 heterocycles. The molecule has 1 aromatic rings. The first kappa shape index (κ1) is 8.70. The first-order valence-electron chi connectivity index (χ1n) is 3.76. The summed E-state index contributed by atoms with van der Waals surface area (Å²) in [6, 6.07) is 0. The Morgan fingerprint density at radius 2 is 2.50 bits per heavy atom. The molecule has 5 nitrogen and oxygen atoms in total. The van der Waals surface area contributed by atoms with Gasteiger partial charge in [0.1, 0.15) is 0 Å². The summed E-state index contributed by atoms with van der Waals surface area (Å²) in [7, 11) is 1.34. The van der Waals surface area contributed by atoms with Gasteiger partial charge in [-0.3, -0.25) is 0 Å². The number of aromatic nitrogens is 3. The Kier molecular flexibility index (Phi) is 2.79. The summed E-state index contributed by atoms with van der Waals surface area (Å²) in [6.07, 6.45) is 2.31. The number of hydrogen-bond acceptors (Lipinski definition) is 4. The van der Waals surface area contributed by atoms with Crippen molar-refractivity contribution in [1.82, 2.24) is 15.0 Å². The van der Waals surface area contributed by atoms with E-state index in [1.807, 2.05) is 6.92 Å². The molecule has 0 aliphatic carbocycles. The van der Waals surface area contributed by atoms with E-state index < -0.39 is 5.97 Å². The lowest BCUT2D eigenvalue weighted by molar-refractivity contribution is 0.0586. The molecule has 0 atom stereocenters. The van der Waals surface area contributed by atoms with Crippen molar-refractivity contribution >= 4 is 5.97 Å². The van der Waals surface area contributed by atoms with Gasteiger partial charge in [-0.05, 0) is 6.42 Å². The second-order valence-corrected chi connectivity index (χ2v) is 2.33. The second kappa shape index (κ2) is 3.85. The van der Waals surface area contributed by atoms with Gasteiger partial charge in [-0.15, -0.1) is 5.10 Å². The highest BCUT2D eigenvalue weighted by Gasteiger charge is 2.11. The van der Waals surface area contributed by atoms with E-state index in [1.54, 1.807) is 0 Å². The van der Waals surface area contributed by atoms with Crippen LogP contribution < -0.4 is 0 Å². The molecule has 0 spiro atoms. The quantitative estimate of drug-likeness (QED) is 0.617. The molecule has 0 aromatic carbocycles. The van der Waals surface area contributed by atoms with E-state index in [1.165, 1.54) is 18.0 Å². The van der Waals surface area contributed by atoms with Crippen LogP contribution in [0.5, 0.6) is 0 Å². The smallest absolute Gasteiger partial charge is 0.358 e. The number of rotatable bonds is 3. The third kappa shape index (κ3) is 1.61. The highest BCUT2D eigenvalue weighted by Crippen LogP contribution is 1.99. The SMILES string of the molecule is CCCn1nncc1C(=O)OC. The summed E-state index contributed by atoms with van der Waals surface area (Å²) in [6.45, 7) is 2.69. The van der Waals surface area contributed by atoms with Crippen LogP contribution in [0.15, 0.2) is 6.20 Å². The van der Waals surface area contributed by atoms with Crippen molar-refractivity contribution in [3.63, 3.8) is 0 Å². The molecule has 0 aliphatic rings. The van der Waals surface area contributed by atoms with E-state index in [4.69, 9.17) is 0 Å². The van der Waals surface area contributed by atoms with Crippen LogP contribution in [0.3, 0.4) is 0 Å². The fourth-order valence-electron chi connectivity index (χ4n) is 0.897. The van der Waals surface area contributed by atoms with E-state index in [-0.39, 0.29) is 0 Å². The molecule has 66 valence electrons. The third-order valence-electron chi connectivity index (χ3n) is 1.45. The van der Waals surface area contributed by atoms with Crippen molar-refractivity contribution < 1.29 is 9.53 Å². The Labute approximate surface area is 70.3 Å². The zero-order valence-corrected chi connectivity index (χ0v) is 7.15. The van der Waals surface area contributed by atoms with Crippen LogP contribution in [0.2, 0.25) is 0 Å². The Bertz CT molecular complexity index is 269. The molecule has 0 unspecified atom stereocenters. The number of carbonyl (C=O) groups is 1. The zero-order chi connectivity index (χ0) is 8.97.